The minimum Gasteiger partial charge on any atom is -0.480 e. The molecule has 0 aliphatic heterocycles. The summed E-state index contributed by atoms with van der Waals surface area (Å²) in [5.41, 5.74) is 0.933. The minimum atomic E-state index is -3.76. The molecule has 1 atom stereocenters. The first-order valence-electron chi connectivity index (χ1n) is 6.45. The number of hydrogen-bond acceptors (Lipinski definition) is 4. The van der Waals surface area contributed by atoms with Gasteiger partial charge >= 0.3 is 5.97 Å². The normalized spacial score (nSPS) is 12.9. The van der Waals surface area contributed by atoms with Gasteiger partial charge in [-0.2, -0.15) is 5.26 Å². The summed E-state index contributed by atoms with van der Waals surface area (Å²) < 4.78 is 26.2. The molecule has 7 heteroatoms. The molecule has 1 rings (SSSR count). The third-order valence-electron chi connectivity index (χ3n) is 2.77. The van der Waals surface area contributed by atoms with Crippen LogP contribution in [0.4, 0.5) is 0 Å². The quantitative estimate of drug-likeness (QED) is 0.793. The summed E-state index contributed by atoms with van der Waals surface area (Å²) in [7, 11) is -3.76. The molecule has 1 aromatic carbocycles. The molecule has 0 heterocycles. The number of aliphatic carboxylic acids is 1. The van der Waals surface area contributed by atoms with Crippen LogP contribution in [0.3, 0.4) is 0 Å². The van der Waals surface area contributed by atoms with E-state index in [-0.39, 0.29) is 18.1 Å². The van der Waals surface area contributed by atoms with Crippen molar-refractivity contribution >= 4 is 16.0 Å². The maximum Gasteiger partial charge on any atom is 0.321 e. The molecule has 114 valence electrons. The number of rotatable bonds is 7. The Bertz CT molecular complexity index is 630. The predicted molar refractivity (Wildman–Crippen MR) is 77.8 cm³/mol. The minimum absolute atomic E-state index is 0.0590. The van der Waals surface area contributed by atoms with E-state index in [0.717, 1.165) is 0 Å². The van der Waals surface area contributed by atoms with Gasteiger partial charge in [-0.15, -0.1) is 0 Å². The highest BCUT2D eigenvalue weighted by Crippen LogP contribution is 2.10. The highest BCUT2D eigenvalue weighted by molar-refractivity contribution is 7.88. The van der Waals surface area contributed by atoms with E-state index in [1.165, 1.54) is 24.3 Å². The fourth-order valence-electron chi connectivity index (χ4n) is 1.82. The number of nitriles is 1. The van der Waals surface area contributed by atoms with Gasteiger partial charge in [-0.1, -0.05) is 26.0 Å². The van der Waals surface area contributed by atoms with E-state index in [1.807, 2.05) is 19.9 Å². The van der Waals surface area contributed by atoms with E-state index in [4.69, 9.17) is 10.4 Å². The van der Waals surface area contributed by atoms with Gasteiger partial charge in [0.15, 0.2) is 0 Å². The summed E-state index contributed by atoms with van der Waals surface area (Å²) in [6.07, 6.45) is 0.224. The lowest BCUT2D eigenvalue weighted by atomic mass is 10.1. The number of carbonyl (C=O) groups is 1. The van der Waals surface area contributed by atoms with Gasteiger partial charge < -0.3 is 5.11 Å². The van der Waals surface area contributed by atoms with Gasteiger partial charge in [-0.25, -0.2) is 13.1 Å². The van der Waals surface area contributed by atoms with Crippen LogP contribution in [-0.2, 0) is 20.6 Å². The third kappa shape index (κ3) is 5.94. The van der Waals surface area contributed by atoms with Gasteiger partial charge in [0.25, 0.3) is 0 Å². The average Bonchev–Trinajstić information content (AvgIpc) is 2.37. The molecule has 2 N–H and O–H groups in total. The van der Waals surface area contributed by atoms with Gasteiger partial charge in [-0.05, 0) is 30.0 Å². The van der Waals surface area contributed by atoms with Gasteiger partial charge in [0.1, 0.15) is 6.04 Å². The Kier molecular flexibility index (Phi) is 5.88. The lowest BCUT2D eigenvalue weighted by Crippen LogP contribution is -2.42. The van der Waals surface area contributed by atoms with Crippen LogP contribution >= 0.6 is 0 Å². The zero-order valence-corrected chi connectivity index (χ0v) is 12.7. The van der Waals surface area contributed by atoms with Crippen LogP contribution < -0.4 is 4.72 Å². The number of benzene rings is 1. The molecule has 0 saturated carbocycles. The van der Waals surface area contributed by atoms with Crippen molar-refractivity contribution in [2.24, 2.45) is 5.92 Å². The van der Waals surface area contributed by atoms with Crippen molar-refractivity contribution in [3.63, 3.8) is 0 Å². The van der Waals surface area contributed by atoms with Crippen LogP contribution in [0.25, 0.3) is 0 Å². The first-order valence-corrected chi connectivity index (χ1v) is 8.10. The van der Waals surface area contributed by atoms with Crippen molar-refractivity contribution < 1.29 is 18.3 Å². The van der Waals surface area contributed by atoms with Gasteiger partial charge in [0, 0.05) is 0 Å². The van der Waals surface area contributed by atoms with Crippen molar-refractivity contribution in [2.75, 3.05) is 0 Å². The Morgan fingerprint density at radius 2 is 1.90 bits per heavy atom. The molecular weight excluding hydrogens is 292 g/mol. The Labute approximate surface area is 124 Å². The first-order chi connectivity index (χ1) is 9.73. The van der Waals surface area contributed by atoms with E-state index in [0.29, 0.717) is 11.1 Å². The molecule has 1 unspecified atom stereocenters. The molecule has 0 aromatic heterocycles. The highest BCUT2D eigenvalue weighted by atomic mass is 32.2. The third-order valence-corrected chi connectivity index (χ3v) is 4.12. The van der Waals surface area contributed by atoms with Crippen LogP contribution in [-0.4, -0.2) is 25.5 Å². The topological polar surface area (TPSA) is 107 Å². The summed E-state index contributed by atoms with van der Waals surface area (Å²) >= 11 is 0. The summed E-state index contributed by atoms with van der Waals surface area (Å²) in [6, 6.07) is 6.93. The van der Waals surface area contributed by atoms with Gasteiger partial charge in [-0.3, -0.25) is 4.79 Å². The molecule has 0 fully saturated rings. The van der Waals surface area contributed by atoms with E-state index in [9.17, 15) is 13.2 Å². The molecule has 0 saturated heterocycles. The average molecular weight is 310 g/mol. The SMILES string of the molecule is CC(C)CC(NS(=O)(=O)Cc1ccc(C#N)cc1)C(=O)O. The lowest BCUT2D eigenvalue weighted by molar-refractivity contribution is -0.139. The van der Waals surface area contributed by atoms with Crippen molar-refractivity contribution in [3.8, 4) is 6.07 Å². The van der Waals surface area contributed by atoms with E-state index >= 15 is 0 Å². The molecule has 0 aliphatic rings. The fraction of sp³-hybridized carbons (Fsp3) is 0.429. The zero-order valence-electron chi connectivity index (χ0n) is 11.9. The first kappa shape index (κ1) is 17.1. The Balaban J connectivity index is 2.80. The number of nitrogens with zero attached hydrogens (tertiary/aromatic N) is 1. The lowest BCUT2D eigenvalue weighted by Gasteiger charge is -2.16. The summed E-state index contributed by atoms with van der Waals surface area (Å²) in [6.45, 7) is 3.65. The maximum absolute atomic E-state index is 12.0. The van der Waals surface area contributed by atoms with E-state index in [2.05, 4.69) is 4.72 Å². The highest BCUT2D eigenvalue weighted by Gasteiger charge is 2.24. The van der Waals surface area contributed by atoms with Crippen LogP contribution in [0.5, 0.6) is 0 Å². The summed E-state index contributed by atoms with van der Waals surface area (Å²) in [5.74, 6) is -1.45. The second-order valence-corrected chi connectivity index (χ2v) is 6.96. The van der Waals surface area contributed by atoms with Crippen molar-refractivity contribution in [2.45, 2.75) is 32.1 Å². The Morgan fingerprint density at radius 3 is 2.33 bits per heavy atom. The Morgan fingerprint density at radius 1 is 1.33 bits per heavy atom. The standard InChI is InChI=1S/C14H18N2O4S/c1-10(2)7-13(14(17)18)16-21(19,20)9-12-5-3-11(8-15)4-6-12/h3-6,10,13,16H,7,9H2,1-2H3,(H,17,18). The molecular formula is C14H18N2O4S. The van der Waals surface area contributed by atoms with E-state index < -0.39 is 22.0 Å². The van der Waals surface area contributed by atoms with Gasteiger partial charge in [0.05, 0.1) is 17.4 Å². The molecule has 0 radical (unpaired) electrons. The molecule has 0 aliphatic carbocycles. The predicted octanol–water partition coefficient (Wildman–Crippen LogP) is 1.48. The largest absolute Gasteiger partial charge is 0.480 e. The number of nitrogens with one attached hydrogen (secondary N) is 1. The molecule has 0 bridgehead atoms. The van der Waals surface area contributed by atoms with Crippen molar-refractivity contribution in [3.05, 3.63) is 35.4 Å². The summed E-state index contributed by atoms with van der Waals surface area (Å²) in [4.78, 5) is 11.1. The number of carboxylic acid groups (broad SMARTS) is 1. The van der Waals surface area contributed by atoms with Crippen molar-refractivity contribution in [1.82, 2.24) is 4.72 Å². The molecule has 21 heavy (non-hydrogen) atoms. The second kappa shape index (κ2) is 7.20. The van der Waals surface area contributed by atoms with Crippen LogP contribution in [0.1, 0.15) is 31.4 Å². The number of carboxylic acids is 1. The monoisotopic (exact) mass is 310 g/mol. The second-order valence-electron chi connectivity index (χ2n) is 5.21. The number of sulfonamides is 1. The summed E-state index contributed by atoms with van der Waals surface area (Å²) in [5, 5.41) is 17.7. The van der Waals surface area contributed by atoms with E-state index in [1.54, 1.807) is 0 Å². The number of hydrogen-bond donors (Lipinski definition) is 2. The maximum atomic E-state index is 12.0. The van der Waals surface area contributed by atoms with Gasteiger partial charge in [0.2, 0.25) is 10.0 Å². The Hall–Kier alpha value is -1.91. The smallest absolute Gasteiger partial charge is 0.321 e. The molecule has 6 nitrogen and oxygen atoms in total. The molecule has 1 aromatic rings. The molecule has 0 amide bonds. The fourth-order valence-corrected chi connectivity index (χ4v) is 3.17. The zero-order chi connectivity index (χ0) is 16.0. The van der Waals surface area contributed by atoms with Crippen LogP contribution in [0.15, 0.2) is 24.3 Å². The van der Waals surface area contributed by atoms with Crippen molar-refractivity contribution in [1.29, 1.82) is 5.26 Å². The van der Waals surface area contributed by atoms with Crippen LogP contribution in [0, 0.1) is 17.2 Å². The molecule has 0 spiro atoms. The van der Waals surface area contributed by atoms with Crippen LogP contribution in [0.2, 0.25) is 0 Å².